The SMILES string of the molecule is Cc1ccc(NC(=O)CSc2cccc(NC(=O)/C(=C/c3ccc(Br)cc3)NC(=O)c3ccccc3)c2)cc1. The maximum atomic E-state index is 13.3. The van der Waals surface area contributed by atoms with Gasteiger partial charge in [-0.3, -0.25) is 14.4 Å². The van der Waals surface area contributed by atoms with Crippen molar-refractivity contribution in [3.63, 3.8) is 0 Å². The van der Waals surface area contributed by atoms with Crippen molar-refractivity contribution >= 4 is 62.9 Å². The van der Waals surface area contributed by atoms with Crippen LogP contribution in [0.4, 0.5) is 11.4 Å². The Labute approximate surface area is 240 Å². The van der Waals surface area contributed by atoms with Crippen molar-refractivity contribution in [2.24, 2.45) is 0 Å². The summed E-state index contributed by atoms with van der Waals surface area (Å²) in [4.78, 5) is 39.3. The minimum atomic E-state index is -0.471. The first-order valence-corrected chi connectivity index (χ1v) is 13.9. The molecule has 39 heavy (non-hydrogen) atoms. The van der Waals surface area contributed by atoms with Crippen LogP contribution in [0.1, 0.15) is 21.5 Å². The third-order valence-electron chi connectivity index (χ3n) is 5.51. The number of hydrogen-bond donors (Lipinski definition) is 3. The van der Waals surface area contributed by atoms with E-state index in [1.165, 1.54) is 11.8 Å². The molecule has 0 atom stereocenters. The molecule has 0 aliphatic heterocycles. The van der Waals surface area contributed by atoms with Gasteiger partial charge in [0.15, 0.2) is 0 Å². The molecule has 4 aromatic carbocycles. The average molecular weight is 601 g/mol. The van der Waals surface area contributed by atoms with Crippen LogP contribution >= 0.6 is 27.7 Å². The van der Waals surface area contributed by atoms with Crippen LogP contribution in [0.15, 0.2) is 118 Å². The first kappa shape index (κ1) is 27.9. The van der Waals surface area contributed by atoms with Gasteiger partial charge in [0, 0.05) is 26.3 Å². The molecule has 0 heterocycles. The predicted molar refractivity (Wildman–Crippen MR) is 162 cm³/mol. The topological polar surface area (TPSA) is 87.3 Å². The molecule has 3 N–H and O–H groups in total. The van der Waals surface area contributed by atoms with E-state index in [-0.39, 0.29) is 17.4 Å². The molecule has 0 unspecified atom stereocenters. The average Bonchev–Trinajstić information content (AvgIpc) is 2.94. The molecule has 196 valence electrons. The van der Waals surface area contributed by atoms with Gasteiger partial charge in [0.1, 0.15) is 5.70 Å². The van der Waals surface area contributed by atoms with Gasteiger partial charge in [0.2, 0.25) is 5.91 Å². The number of rotatable bonds is 9. The molecule has 0 fully saturated rings. The molecular formula is C31H26BrN3O3S. The third kappa shape index (κ3) is 8.70. The van der Waals surface area contributed by atoms with Crippen LogP contribution in [-0.2, 0) is 9.59 Å². The summed E-state index contributed by atoms with van der Waals surface area (Å²) in [5.41, 5.74) is 3.70. The number of carbonyl (C=O) groups is 3. The Bertz CT molecular complexity index is 1490. The second kappa shape index (κ2) is 13.6. The van der Waals surface area contributed by atoms with Crippen molar-refractivity contribution in [1.29, 1.82) is 0 Å². The zero-order valence-electron chi connectivity index (χ0n) is 21.1. The molecule has 3 amide bonds. The van der Waals surface area contributed by atoms with Gasteiger partial charge in [-0.2, -0.15) is 0 Å². The Hall–Kier alpha value is -4.14. The second-order valence-electron chi connectivity index (χ2n) is 8.61. The van der Waals surface area contributed by atoms with Crippen molar-refractivity contribution in [2.75, 3.05) is 16.4 Å². The van der Waals surface area contributed by atoms with Gasteiger partial charge in [-0.25, -0.2) is 0 Å². The maximum Gasteiger partial charge on any atom is 0.272 e. The highest BCUT2D eigenvalue weighted by molar-refractivity contribution is 9.10. The highest BCUT2D eigenvalue weighted by atomic mass is 79.9. The number of halogens is 1. The van der Waals surface area contributed by atoms with E-state index < -0.39 is 11.8 Å². The number of carbonyl (C=O) groups excluding carboxylic acids is 3. The highest BCUT2D eigenvalue weighted by Gasteiger charge is 2.15. The number of anilines is 2. The van der Waals surface area contributed by atoms with Crippen molar-refractivity contribution in [2.45, 2.75) is 11.8 Å². The van der Waals surface area contributed by atoms with Gasteiger partial charge < -0.3 is 16.0 Å². The predicted octanol–water partition coefficient (Wildman–Crippen LogP) is 6.90. The quantitative estimate of drug-likeness (QED) is 0.144. The fourth-order valence-electron chi connectivity index (χ4n) is 3.51. The highest BCUT2D eigenvalue weighted by Crippen LogP contribution is 2.23. The molecule has 4 rings (SSSR count). The molecule has 0 aliphatic rings. The second-order valence-corrected chi connectivity index (χ2v) is 10.6. The number of benzene rings is 4. The molecule has 6 nitrogen and oxygen atoms in total. The third-order valence-corrected chi connectivity index (χ3v) is 7.03. The lowest BCUT2D eigenvalue weighted by Gasteiger charge is -2.12. The molecule has 0 radical (unpaired) electrons. The number of thioether (sulfide) groups is 1. The van der Waals surface area contributed by atoms with Gasteiger partial charge >= 0.3 is 0 Å². The van der Waals surface area contributed by atoms with Gasteiger partial charge in [0.25, 0.3) is 11.8 Å². The van der Waals surface area contributed by atoms with E-state index >= 15 is 0 Å². The fourth-order valence-corrected chi connectivity index (χ4v) is 4.53. The van der Waals surface area contributed by atoms with Crippen LogP contribution < -0.4 is 16.0 Å². The molecule has 8 heteroatoms. The Morgan fingerprint density at radius 1 is 0.795 bits per heavy atom. The van der Waals surface area contributed by atoms with E-state index in [2.05, 4.69) is 31.9 Å². The van der Waals surface area contributed by atoms with Gasteiger partial charge in [-0.15, -0.1) is 11.8 Å². The van der Waals surface area contributed by atoms with Crippen molar-refractivity contribution in [1.82, 2.24) is 5.32 Å². The van der Waals surface area contributed by atoms with E-state index in [1.54, 1.807) is 48.5 Å². The van der Waals surface area contributed by atoms with E-state index in [4.69, 9.17) is 0 Å². The van der Waals surface area contributed by atoms with E-state index in [0.29, 0.717) is 11.3 Å². The molecular weight excluding hydrogens is 574 g/mol. The largest absolute Gasteiger partial charge is 0.325 e. The summed E-state index contributed by atoms with van der Waals surface area (Å²) in [5.74, 6) is -0.770. The minimum absolute atomic E-state index is 0.0988. The molecule has 0 spiro atoms. The first-order valence-electron chi connectivity index (χ1n) is 12.1. The summed E-state index contributed by atoms with van der Waals surface area (Å²) in [6.45, 7) is 1.99. The monoisotopic (exact) mass is 599 g/mol. The maximum absolute atomic E-state index is 13.3. The summed E-state index contributed by atoms with van der Waals surface area (Å²) >= 11 is 4.77. The molecule has 0 bridgehead atoms. The van der Waals surface area contributed by atoms with Crippen LogP contribution in [0.2, 0.25) is 0 Å². The number of nitrogens with one attached hydrogen (secondary N) is 3. The summed E-state index contributed by atoms with van der Waals surface area (Å²) in [5, 5.41) is 8.48. The van der Waals surface area contributed by atoms with Gasteiger partial charge in [0.05, 0.1) is 5.75 Å². The van der Waals surface area contributed by atoms with E-state index in [0.717, 1.165) is 26.2 Å². The van der Waals surface area contributed by atoms with Crippen LogP contribution in [0.3, 0.4) is 0 Å². The van der Waals surface area contributed by atoms with Gasteiger partial charge in [-0.05, 0) is 73.2 Å². The zero-order valence-corrected chi connectivity index (χ0v) is 23.5. The fraction of sp³-hybridized carbons (Fsp3) is 0.0645. The summed E-state index contributed by atoms with van der Waals surface area (Å²) in [6.07, 6.45) is 1.62. The molecule has 0 aromatic heterocycles. The zero-order chi connectivity index (χ0) is 27.6. The summed E-state index contributed by atoms with van der Waals surface area (Å²) in [6, 6.07) is 30.9. The first-order chi connectivity index (χ1) is 18.9. The lowest BCUT2D eigenvalue weighted by Crippen LogP contribution is -2.30. The van der Waals surface area contributed by atoms with Crippen molar-refractivity contribution < 1.29 is 14.4 Å². The van der Waals surface area contributed by atoms with Gasteiger partial charge in [-0.1, -0.05) is 70.0 Å². The number of amides is 3. The Morgan fingerprint density at radius 3 is 2.23 bits per heavy atom. The van der Waals surface area contributed by atoms with Crippen LogP contribution in [0.25, 0.3) is 6.08 Å². The normalized spacial score (nSPS) is 11.0. The van der Waals surface area contributed by atoms with Crippen LogP contribution in [-0.4, -0.2) is 23.5 Å². The van der Waals surface area contributed by atoms with Crippen LogP contribution in [0, 0.1) is 6.92 Å². The lowest BCUT2D eigenvalue weighted by molar-refractivity contribution is -0.114. The van der Waals surface area contributed by atoms with E-state index in [9.17, 15) is 14.4 Å². The Balaban J connectivity index is 1.44. The standard InChI is InChI=1S/C31H26BrN3O3S/c1-21-10-16-25(17-11-21)33-29(36)20-39-27-9-5-8-26(19-27)34-31(38)28(18-22-12-14-24(32)15-13-22)35-30(37)23-6-3-2-4-7-23/h2-19H,20H2,1H3,(H,33,36)(H,34,38)(H,35,37)/b28-18-. The van der Waals surface area contributed by atoms with E-state index in [1.807, 2.05) is 67.6 Å². The molecule has 0 aliphatic carbocycles. The van der Waals surface area contributed by atoms with Crippen LogP contribution in [0.5, 0.6) is 0 Å². The lowest BCUT2D eigenvalue weighted by atomic mass is 10.1. The Morgan fingerprint density at radius 2 is 1.51 bits per heavy atom. The van der Waals surface area contributed by atoms with Crippen molar-refractivity contribution in [3.8, 4) is 0 Å². The molecule has 4 aromatic rings. The smallest absolute Gasteiger partial charge is 0.272 e. The number of hydrogen-bond acceptors (Lipinski definition) is 4. The molecule has 0 saturated heterocycles. The number of aryl methyl sites for hydroxylation is 1. The summed E-state index contributed by atoms with van der Waals surface area (Å²) < 4.78 is 0.904. The summed E-state index contributed by atoms with van der Waals surface area (Å²) in [7, 11) is 0. The Kier molecular flexibility index (Phi) is 9.72. The van der Waals surface area contributed by atoms with Crippen molar-refractivity contribution in [3.05, 3.63) is 130 Å². The molecule has 0 saturated carbocycles. The minimum Gasteiger partial charge on any atom is -0.325 e.